The first-order valence-corrected chi connectivity index (χ1v) is 4.34. The van der Waals surface area contributed by atoms with E-state index >= 15 is 0 Å². The van der Waals surface area contributed by atoms with Crippen molar-refractivity contribution in [3.8, 4) is 0 Å². The first kappa shape index (κ1) is 9.48. The Labute approximate surface area is 71.9 Å². The lowest BCUT2D eigenvalue weighted by Crippen LogP contribution is -2.49. The number of carboxylic acid groups (broad SMARTS) is 1. The molecule has 70 valence electrons. The van der Waals surface area contributed by atoms with E-state index in [9.17, 15) is 4.79 Å². The summed E-state index contributed by atoms with van der Waals surface area (Å²) in [4.78, 5) is 10.3. The third-order valence-electron chi connectivity index (χ3n) is 2.60. The Morgan fingerprint density at radius 3 is 2.42 bits per heavy atom. The molecule has 0 aromatic rings. The normalized spacial score (nSPS) is 22.8. The Morgan fingerprint density at radius 2 is 2.08 bits per heavy atom. The summed E-state index contributed by atoms with van der Waals surface area (Å²) in [7, 11) is 0. The second-order valence-corrected chi connectivity index (χ2v) is 3.53. The number of nitrogens with two attached hydrogens (primary N) is 2. The fourth-order valence-corrected chi connectivity index (χ4v) is 1.51. The van der Waals surface area contributed by atoms with Gasteiger partial charge in [-0.25, -0.2) is 0 Å². The Balaban J connectivity index is 2.29. The molecule has 1 fully saturated rings. The molecular formula is C8H16N2O2. The molecule has 5 N–H and O–H groups in total. The van der Waals surface area contributed by atoms with Crippen molar-refractivity contribution in [2.24, 2.45) is 17.4 Å². The molecule has 0 radical (unpaired) electrons. The molecule has 1 aliphatic carbocycles. The van der Waals surface area contributed by atoms with Crippen LogP contribution >= 0.6 is 0 Å². The van der Waals surface area contributed by atoms with Crippen molar-refractivity contribution in [2.75, 3.05) is 0 Å². The second-order valence-electron chi connectivity index (χ2n) is 3.53. The van der Waals surface area contributed by atoms with Crippen molar-refractivity contribution >= 4 is 5.97 Å². The minimum atomic E-state index is -0.864. The SMILES string of the molecule is NC(CC(=O)O)C(N)C1CCC1. The van der Waals surface area contributed by atoms with E-state index in [-0.39, 0.29) is 18.5 Å². The minimum absolute atomic E-state index is 0.0162. The summed E-state index contributed by atoms with van der Waals surface area (Å²) in [5.41, 5.74) is 11.4. The lowest BCUT2D eigenvalue weighted by Gasteiger charge is -2.34. The summed E-state index contributed by atoms with van der Waals surface area (Å²) in [6.07, 6.45) is 3.40. The van der Waals surface area contributed by atoms with E-state index in [4.69, 9.17) is 16.6 Å². The number of hydrogen-bond acceptors (Lipinski definition) is 3. The zero-order valence-corrected chi connectivity index (χ0v) is 7.07. The van der Waals surface area contributed by atoms with Gasteiger partial charge in [-0.15, -0.1) is 0 Å². The molecule has 12 heavy (non-hydrogen) atoms. The van der Waals surface area contributed by atoms with Gasteiger partial charge < -0.3 is 16.6 Å². The van der Waals surface area contributed by atoms with E-state index in [0.717, 1.165) is 12.8 Å². The number of hydrogen-bond donors (Lipinski definition) is 3. The van der Waals surface area contributed by atoms with Crippen LogP contribution in [0.3, 0.4) is 0 Å². The molecule has 4 nitrogen and oxygen atoms in total. The Morgan fingerprint density at radius 1 is 1.50 bits per heavy atom. The third kappa shape index (κ3) is 2.19. The summed E-state index contributed by atoms with van der Waals surface area (Å²) in [5.74, 6) is -0.406. The zero-order chi connectivity index (χ0) is 9.14. The molecule has 0 bridgehead atoms. The highest BCUT2D eigenvalue weighted by atomic mass is 16.4. The van der Waals surface area contributed by atoms with Crippen LogP contribution in [0.25, 0.3) is 0 Å². The molecule has 0 amide bonds. The van der Waals surface area contributed by atoms with E-state index in [0.29, 0.717) is 5.92 Å². The van der Waals surface area contributed by atoms with Gasteiger partial charge in [-0.2, -0.15) is 0 Å². The predicted molar refractivity (Wildman–Crippen MR) is 45.5 cm³/mol. The standard InChI is InChI=1S/C8H16N2O2/c9-6(4-7(11)12)8(10)5-2-1-3-5/h5-6,8H,1-4,9-10H2,(H,11,12). The van der Waals surface area contributed by atoms with Crippen molar-refractivity contribution in [3.05, 3.63) is 0 Å². The molecule has 1 saturated carbocycles. The van der Waals surface area contributed by atoms with Gasteiger partial charge in [-0.1, -0.05) is 6.42 Å². The average molecular weight is 172 g/mol. The smallest absolute Gasteiger partial charge is 0.304 e. The number of carboxylic acids is 1. The van der Waals surface area contributed by atoms with Crippen molar-refractivity contribution in [1.82, 2.24) is 0 Å². The maximum absolute atomic E-state index is 10.3. The van der Waals surface area contributed by atoms with Gasteiger partial charge in [0.15, 0.2) is 0 Å². The minimum Gasteiger partial charge on any atom is -0.481 e. The topological polar surface area (TPSA) is 89.3 Å². The maximum atomic E-state index is 10.3. The average Bonchev–Trinajstić information content (AvgIpc) is 1.81. The second kappa shape index (κ2) is 3.87. The first-order valence-electron chi connectivity index (χ1n) is 4.34. The predicted octanol–water partition coefficient (Wildman–Crippen LogP) is -0.0842. The Hall–Kier alpha value is -0.610. The van der Waals surface area contributed by atoms with E-state index in [1.807, 2.05) is 0 Å². The van der Waals surface area contributed by atoms with Crippen LogP contribution in [0.5, 0.6) is 0 Å². The van der Waals surface area contributed by atoms with E-state index in [1.165, 1.54) is 6.42 Å². The van der Waals surface area contributed by atoms with Crippen molar-refractivity contribution < 1.29 is 9.90 Å². The summed E-state index contributed by atoms with van der Waals surface area (Å²) < 4.78 is 0. The molecule has 2 atom stereocenters. The quantitative estimate of drug-likeness (QED) is 0.553. The van der Waals surface area contributed by atoms with Gasteiger partial charge in [-0.05, 0) is 18.8 Å². The lowest BCUT2D eigenvalue weighted by molar-refractivity contribution is -0.137. The van der Waals surface area contributed by atoms with Gasteiger partial charge in [0.1, 0.15) is 0 Å². The molecule has 1 aliphatic rings. The molecular weight excluding hydrogens is 156 g/mol. The van der Waals surface area contributed by atoms with Gasteiger partial charge in [-0.3, -0.25) is 4.79 Å². The third-order valence-corrected chi connectivity index (χ3v) is 2.60. The number of rotatable bonds is 4. The highest BCUT2D eigenvalue weighted by Gasteiger charge is 2.29. The van der Waals surface area contributed by atoms with E-state index in [2.05, 4.69) is 0 Å². The fourth-order valence-electron chi connectivity index (χ4n) is 1.51. The fraction of sp³-hybridized carbons (Fsp3) is 0.875. The highest BCUT2D eigenvalue weighted by Crippen LogP contribution is 2.29. The molecule has 0 spiro atoms. The van der Waals surface area contributed by atoms with Crippen molar-refractivity contribution in [3.63, 3.8) is 0 Å². The molecule has 0 aromatic carbocycles. The summed E-state index contributed by atoms with van der Waals surface area (Å²) in [6.45, 7) is 0. The van der Waals surface area contributed by atoms with Crippen molar-refractivity contribution in [2.45, 2.75) is 37.8 Å². The molecule has 0 saturated heterocycles. The Kier molecular flexibility index (Phi) is 3.05. The highest BCUT2D eigenvalue weighted by molar-refractivity contribution is 5.67. The van der Waals surface area contributed by atoms with Crippen LogP contribution in [0.1, 0.15) is 25.7 Å². The summed E-state index contributed by atoms with van der Waals surface area (Å²) in [6, 6.07) is -0.511. The van der Waals surface area contributed by atoms with Crippen molar-refractivity contribution in [1.29, 1.82) is 0 Å². The zero-order valence-electron chi connectivity index (χ0n) is 7.07. The van der Waals surface area contributed by atoms with Crippen LogP contribution in [0.4, 0.5) is 0 Å². The van der Waals surface area contributed by atoms with E-state index in [1.54, 1.807) is 0 Å². The van der Waals surface area contributed by atoms with Gasteiger partial charge in [0, 0.05) is 12.1 Å². The van der Waals surface area contributed by atoms with E-state index < -0.39 is 5.97 Å². The number of carbonyl (C=O) groups is 1. The van der Waals surface area contributed by atoms with Crippen LogP contribution in [-0.2, 0) is 4.79 Å². The molecule has 2 unspecified atom stereocenters. The van der Waals surface area contributed by atoms with Crippen LogP contribution in [0.15, 0.2) is 0 Å². The lowest BCUT2D eigenvalue weighted by atomic mass is 9.77. The van der Waals surface area contributed by atoms with Gasteiger partial charge >= 0.3 is 5.97 Å². The summed E-state index contributed by atoms with van der Waals surface area (Å²) >= 11 is 0. The molecule has 0 heterocycles. The monoisotopic (exact) mass is 172 g/mol. The Bertz CT molecular complexity index is 168. The maximum Gasteiger partial charge on any atom is 0.304 e. The largest absolute Gasteiger partial charge is 0.481 e. The van der Waals surface area contributed by atoms with Gasteiger partial charge in [0.25, 0.3) is 0 Å². The molecule has 0 aromatic heterocycles. The molecule has 4 heteroatoms. The van der Waals surface area contributed by atoms with Gasteiger partial charge in [0.2, 0.25) is 0 Å². The van der Waals surface area contributed by atoms with Crippen LogP contribution < -0.4 is 11.5 Å². The van der Waals surface area contributed by atoms with Crippen LogP contribution in [0, 0.1) is 5.92 Å². The van der Waals surface area contributed by atoms with Gasteiger partial charge in [0.05, 0.1) is 6.42 Å². The van der Waals surface area contributed by atoms with Crippen LogP contribution in [0.2, 0.25) is 0 Å². The van der Waals surface area contributed by atoms with Crippen LogP contribution in [-0.4, -0.2) is 23.2 Å². The first-order chi connectivity index (χ1) is 5.61. The molecule has 0 aliphatic heterocycles. The summed E-state index contributed by atoms with van der Waals surface area (Å²) in [5, 5.41) is 8.47. The molecule has 1 rings (SSSR count). The number of aliphatic carboxylic acids is 1.